The van der Waals surface area contributed by atoms with Gasteiger partial charge >= 0.3 is 12.0 Å². The third-order valence-electron chi connectivity index (χ3n) is 1.98. The highest BCUT2D eigenvalue weighted by molar-refractivity contribution is 5.91. The van der Waals surface area contributed by atoms with Crippen LogP contribution in [0.3, 0.4) is 0 Å². The summed E-state index contributed by atoms with van der Waals surface area (Å²) in [6.07, 6.45) is 0. The molecular weight excluding hydrogens is 222 g/mol. The van der Waals surface area contributed by atoms with Crippen LogP contribution in [-0.2, 0) is 4.79 Å². The fraction of sp³-hybridized carbons (Fsp3) is 0.182. The first-order valence-electron chi connectivity index (χ1n) is 4.77. The number of carboxylic acid groups (broad SMARTS) is 1. The van der Waals surface area contributed by atoms with Crippen molar-refractivity contribution in [3.8, 4) is 6.07 Å². The maximum atomic E-state index is 11.5. The maximum absolute atomic E-state index is 11.5. The first-order chi connectivity index (χ1) is 8.02. The Labute approximate surface area is 98.1 Å². The molecule has 0 unspecified atom stereocenters. The highest BCUT2D eigenvalue weighted by Gasteiger charge is 2.11. The molecule has 0 atom stereocenters. The van der Waals surface area contributed by atoms with Crippen LogP contribution in [0.5, 0.6) is 0 Å². The highest BCUT2D eigenvalue weighted by atomic mass is 16.4. The maximum Gasteiger partial charge on any atom is 0.323 e. The fourth-order valence-electron chi connectivity index (χ4n) is 1.12. The van der Waals surface area contributed by atoms with Gasteiger partial charge in [0.2, 0.25) is 0 Å². The second-order valence-electron chi connectivity index (χ2n) is 3.37. The lowest BCUT2D eigenvalue weighted by Gasteiger charge is -2.15. The third kappa shape index (κ3) is 3.83. The predicted molar refractivity (Wildman–Crippen MR) is 60.4 cm³/mol. The van der Waals surface area contributed by atoms with Crippen LogP contribution < -0.4 is 5.32 Å². The van der Waals surface area contributed by atoms with E-state index in [9.17, 15) is 9.59 Å². The van der Waals surface area contributed by atoms with Crippen molar-refractivity contribution in [2.24, 2.45) is 0 Å². The van der Waals surface area contributed by atoms with Gasteiger partial charge in [-0.15, -0.1) is 0 Å². The summed E-state index contributed by atoms with van der Waals surface area (Å²) in [4.78, 5) is 22.9. The number of carbonyl (C=O) groups is 2. The van der Waals surface area contributed by atoms with Gasteiger partial charge in [0.15, 0.2) is 0 Å². The Morgan fingerprint density at radius 3 is 2.47 bits per heavy atom. The van der Waals surface area contributed by atoms with Gasteiger partial charge in [-0.25, -0.2) is 4.79 Å². The summed E-state index contributed by atoms with van der Waals surface area (Å²) < 4.78 is 0. The molecule has 2 amide bonds. The molecule has 0 aliphatic heterocycles. The van der Waals surface area contributed by atoms with E-state index in [4.69, 9.17) is 10.4 Å². The Morgan fingerprint density at radius 1 is 1.41 bits per heavy atom. The Bertz CT molecular complexity index is 462. The topological polar surface area (TPSA) is 93.4 Å². The first kappa shape index (κ1) is 12.5. The number of carboxylic acids is 1. The predicted octanol–water partition coefficient (Wildman–Crippen LogP) is 1.11. The second kappa shape index (κ2) is 5.51. The summed E-state index contributed by atoms with van der Waals surface area (Å²) in [5.41, 5.74) is 0.994. The van der Waals surface area contributed by atoms with Crippen molar-refractivity contribution in [1.29, 1.82) is 5.26 Å². The Balaban J connectivity index is 2.61. The lowest BCUT2D eigenvalue weighted by molar-refractivity contribution is -0.137. The Kier molecular flexibility index (Phi) is 4.06. The molecule has 17 heavy (non-hydrogen) atoms. The van der Waals surface area contributed by atoms with Crippen LogP contribution in [-0.4, -0.2) is 35.6 Å². The summed E-state index contributed by atoms with van der Waals surface area (Å²) in [5.74, 6) is -1.08. The normalized spacial score (nSPS) is 9.18. The van der Waals surface area contributed by atoms with Crippen LogP contribution in [0.1, 0.15) is 5.56 Å². The van der Waals surface area contributed by atoms with E-state index < -0.39 is 12.0 Å². The van der Waals surface area contributed by atoms with Crippen molar-refractivity contribution in [1.82, 2.24) is 4.90 Å². The van der Waals surface area contributed by atoms with Crippen LogP contribution in [0.15, 0.2) is 24.3 Å². The number of benzene rings is 1. The number of carbonyl (C=O) groups excluding carboxylic acids is 1. The van der Waals surface area contributed by atoms with Gasteiger partial charge in [-0.2, -0.15) is 5.26 Å². The van der Waals surface area contributed by atoms with E-state index >= 15 is 0 Å². The first-order valence-corrected chi connectivity index (χ1v) is 4.77. The lowest BCUT2D eigenvalue weighted by Crippen LogP contribution is -2.35. The van der Waals surface area contributed by atoms with Crippen molar-refractivity contribution >= 4 is 17.7 Å². The van der Waals surface area contributed by atoms with Crippen LogP contribution in [0, 0.1) is 11.3 Å². The molecule has 6 nitrogen and oxygen atoms in total. The number of amides is 2. The van der Waals surface area contributed by atoms with E-state index in [1.54, 1.807) is 24.3 Å². The smallest absolute Gasteiger partial charge is 0.323 e. The van der Waals surface area contributed by atoms with E-state index in [1.807, 2.05) is 6.07 Å². The zero-order chi connectivity index (χ0) is 12.8. The minimum absolute atomic E-state index is 0.373. The van der Waals surface area contributed by atoms with Gasteiger partial charge in [-0.3, -0.25) is 4.79 Å². The molecule has 2 N–H and O–H groups in total. The molecule has 0 heterocycles. The Morgan fingerprint density at radius 2 is 2.00 bits per heavy atom. The average molecular weight is 233 g/mol. The summed E-state index contributed by atoms with van der Waals surface area (Å²) in [6, 6.07) is 7.71. The molecule has 88 valence electrons. The van der Waals surface area contributed by atoms with Crippen LogP contribution in [0.4, 0.5) is 10.5 Å². The van der Waals surface area contributed by atoms with E-state index in [2.05, 4.69) is 5.32 Å². The van der Waals surface area contributed by atoms with Crippen LogP contribution in [0.2, 0.25) is 0 Å². The molecule has 0 aromatic heterocycles. The van der Waals surface area contributed by atoms with Crippen LogP contribution >= 0.6 is 0 Å². The fourth-order valence-corrected chi connectivity index (χ4v) is 1.12. The minimum atomic E-state index is -1.08. The van der Waals surface area contributed by atoms with Gasteiger partial charge in [0.05, 0.1) is 11.6 Å². The number of nitrogens with one attached hydrogen (secondary N) is 1. The molecule has 0 spiro atoms. The quantitative estimate of drug-likeness (QED) is 0.817. The standard InChI is InChI=1S/C11H11N3O3/c1-14(7-10(15)16)11(17)13-9-4-2-8(6-12)3-5-9/h2-5H,7H2,1H3,(H,13,17)(H,15,16). The van der Waals surface area contributed by atoms with E-state index in [-0.39, 0.29) is 6.54 Å². The van der Waals surface area contributed by atoms with Crippen molar-refractivity contribution in [3.63, 3.8) is 0 Å². The molecule has 0 aliphatic carbocycles. The second-order valence-corrected chi connectivity index (χ2v) is 3.37. The number of nitriles is 1. The average Bonchev–Trinajstić information content (AvgIpc) is 2.29. The number of likely N-dealkylation sites (N-methyl/N-ethyl adjacent to an activating group) is 1. The molecule has 0 saturated carbocycles. The summed E-state index contributed by atoms with van der Waals surface area (Å²) in [6.45, 7) is -0.373. The molecule has 0 fully saturated rings. The van der Waals surface area contributed by atoms with Gasteiger partial charge in [0.1, 0.15) is 6.54 Å². The van der Waals surface area contributed by atoms with Gasteiger partial charge in [-0.05, 0) is 24.3 Å². The molecule has 0 bridgehead atoms. The largest absolute Gasteiger partial charge is 0.480 e. The Hall–Kier alpha value is -2.55. The van der Waals surface area contributed by atoms with Crippen LogP contribution in [0.25, 0.3) is 0 Å². The van der Waals surface area contributed by atoms with Crippen molar-refractivity contribution in [2.75, 3.05) is 18.9 Å². The molecule has 6 heteroatoms. The zero-order valence-corrected chi connectivity index (χ0v) is 9.17. The van der Waals surface area contributed by atoms with E-state index in [1.165, 1.54) is 7.05 Å². The molecule has 1 aromatic carbocycles. The van der Waals surface area contributed by atoms with E-state index in [0.29, 0.717) is 11.3 Å². The summed E-state index contributed by atoms with van der Waals surface area (Å²) >= 11 is 0. The number of nitrogens with zero attached hydrogens (tertiary/aromatic N) is 2. The number of hydrogen-bond acceptors (Lipinski definition) is 3. The van der Waals surface area contributed by atoms with Crippen molar-refractivity contribution in [3.05, 3.63) is 29.8 Å². The summed E-state index contributed by atoms with van der Waals surface area (Å²) in [7, 11) is 1.38. The zero-order valence-electron chi connectivity index (χ0n) is 9.17. The molecule has 1 rings (SSSR count). The molecule has 0 aliphatic rings. The highest BCUT2D eigenvalue weighted by Crippen LogP contribution is 2.09. The number of urea groups is 1. The third-order valence-corrected chi connectivity index (χ3v) is 1.98. The van der Waals surface area contributed by atoms with Gasteiger partial charge < -0.3 is 15.3 Å². The van der Waals surface area contributed by atoms with Gasteiger partial charge in [-0.1, -0.05) is 0 Å². The van der Waals surface area contributed by atoms with Gasteiger partial charge in [0, 0.05) is 12.7 Å². The number of hydrogen-bond donors (Lipinski definition) is 2. The summed E-state index contributed by atoms with van der Waals surface area (Å²) in [5, 5.41) is 19.6. The lowest BCUT2D eigenvalue weighted by atomic mass is 10.2. The number of rotatable bonds is 3. The molecule has 0 radical (unpaired) electrons. The SMILES string of the molecule is CN(CC(=O)O)C(=O)Nc1ccc(C#N)cc1. The minimum Gasteiger partial charge on any atom is -0.480 e. The van der Waals surface area contributed by atoms with Gasteiger partial charge in [0.25, 0.3) is 0 Å². The van der Waals surface area contributed by atoms with E-state index in [0.717, 1.165) is 4.90 Å². The monoisotopic (exact) mass is 233 g/mol. The molecular formula is C11H11N3O3. The molecule has 1 aromatic rings. The number of anilines is 1. The van der Waals surface area contributed by atoms with Crippen molar-refractivity contribution in [2.45, 2.75) is 0 Å². The van der Waals surface area contributed by atoms with Crippen molar-refractivity contribution < 1.29 is 14.7 Å². The molecule has 0 saturated heterocycles. The number of aliphatic carboxylic acids is 1.